The molecule has 1 atom stereocenters. The van der Waals surface area contributed by atoms with Gasteiger partial charge in [-0.2, -0.15) is 0 Å². The smallest absolute Gasteiger partial charge is 0.147 e. The minimum absolute atomic E-state index is 0. The molecule has 1 unspecified atom stereocenters. The average molecular weight is 451 g/mol. The fourth-order valence-electron chi connectivity index (χ4n) is 3.30. The Morgan fingerprint density at radius 1 is 0.920 bits per heavy atom. The van der Waals surface area contributed by atoms with Gasteiger partial charge < -0.3 is 28.5 Å². The second-order valence-corrected chi connectivity index (χ2v) is 7.58. The van der Waals surface area contributed by atoms with Crippen molar-refractivity contribution in [2.24, 2.45) is 0 Å². The van der Waals surface area contributed by atoms with Gasteiger partial charge in [0.15, 0.2) is 0 Å². The molecule has 0 saturated carbocycles. The molecule has 2 aromatic carbocycles. The molecule has 0 spiro atoms. The van der Waals surface area contributed by atoms with Gasteiger partial charge in [0.1, 0.15) is 5.78 Å². The van der Waals surface area contributed by atoms with Crippen molar-refractivity contribution in [3.63, 3.8) is 0 Å². The molecule has 0 aliphatic heterocycles. The van der Waals surface area contributed by atoms with Crippen LogP contribution >= 0.6 is 0 Å². The minimum atomic E-state index is -0.581. The zero-order valence-corrected chi connectivity index (χ0v) is 18.2. The van der Waals surface area contributed by atoms with Crippen LogP contribution in [0.15, 0.2) is 60.7 Å². The number of quaternary nitrogens is 1. The van der Waals surface area contributed by atoms with Crippen molar-refractivity contribution in [3.8, 4) is 0 Å². The normalized spacial score (nSPS) is 13.0. The molecule has 136 valence electrons. The number of carbonyl (C=O) groups is 1. The number of rotatable bonds is 7. The van der Waals surface area contributed by atoms with Crippen molar-refractivity contribution in [1.29, 1.82) is 0 Å². The summed E-state index contributed by atoms with van der Waals surface area (Å²) in [5.41, 5.74) is 1.62. The molecule has 0 heterocycles. The maximum Gasteiger partial charge on any atom is 0.147 e. The Kier molecular flexibility index (Phi) is 7.82. The number of benzene rings is 2. The fourth-order valence-corrected chi connectivity index (χ4v) is 3.30. The molecular weight excluding hydrogens is 421 g/mol. The molecule has 0 aromatic heterocycles. The van der Waals surface area contributed by atoms with Gasteiger partial charge in [-0.15, -0.1) is 0 Å². The number of carbonyl (C=O) groups excluding carboxylic acids is 1. The first kappa shape index (κ1) is 21.8. The highest BCUT2D eigenvalue weighted by Gasteiger charge is 2.44. The van der Waals surface area contributed by atoms with Crippen LogP contribution in [0.3, 0.4) is 0 Å². The van der Waals surface area contributed by atoms with E-state index in [9.17, 15) is 4.79 Å². The Bertz CT molecular complexity index is 622. The first-order valence-corrected chi connectivity index (χ1v) is 8.78. The van der Waals surface area contributed by atoms with E-state index in [1.54, 1.807) is 0 Å². The Hall–Kier alpha value is -1.20. The standard InChI is InChI=1S/C22H30NO.HI/c1-6-21(24)22(17-18(2)23(3,4)5,19-13-9-7-10-14-19)20-15-11-8-12-16-20;/h7-16,18H,6,17H2,1-5H3;1H/q+1;/p-1. The van der Waals surface area contributed by atoms with E-state index >= 15 is 0 Å². The number of hydrogen-bond donors (Lipinski definition) is 0. The van der Waals surface area contributed by atoms with Gasteiger partial charge in [0.05, 0.1) is 32.6 Å². The van der Waals surface area contributed by atoms with Crippen molar-refractivity contribution in [2.75, 3.05) is 21.1 Å². The second-order valence-electron chi connectivity index (χ2n) is 7.58. The number of hydrogen-bond acceptors (Lipinski definition) is 1. The van der Waals surface area contributed by atoms with Crippen molar-refractivity contribution in [2.45, 2.75) is 38.1 Å². The van der Waals surface area contributed by atoms with Crippen molar-refractivity contribution < 1.29 is 33.3 Å². The lowest BCUT2D eigenvalue weighted by atomic mass is 9.66. The summed E-state index contributed by atoms with van der Waals surface area (Å²) in [6.45, 7) is 4.21. The summed E-state index contributed by atoms with van der Waals surface area (Å²) in [5.74, 6) is 0.292. The van der Waals surface area contributed by atoms with Crippen LogP contribution in [0, 0.1) is 0 Å². The van der Waals surface area contributed by atoms with Crippen molar-refractivity contribution >= 4 is 5.78 Å². The zero-order valence-electron chi connectivity index (χ0n) is 16.0. The third-order valence-electron chi connectivity index (χ3n) is 5.25. The average Bonchev–Trinajstić information content (AvgIpc) is 2.59. The van der Waals surface area contributed by atoms with Crippen LogP contribution in [-0.2, 0) is 10.2 Å². The van der Waals surface area contributed by atoms with Gasteiger partial charge in [0.2, 0.25) is 0 Å². The maximum absolute atomic E-state index is 13.3. The molecular formula is C22H30INO. The van der Waals surface area contributed by atoms with Crippen LogP contribution in [0.2, 0.25) is 0 Å². The van der Waals surface area contributed by atoms with Crippen LogP contribution in [0.5, 0.6) is 0 Å². The maximum atomic E-state index is 13.3. The first-order chi connectivity index (χ1) is 11.3. The molecule has 2 aromatic rings. The molecule has 0 bridgehead atoms. The van der Waals surface area contributed by atoms with E-state index in [-0.39, 0.29) is 24.0 Å². The van der Waals surface area contributed by atoms with E-state index in [0.717, 1.165) is 22.0 Å². The van der Waals surface area contributed by atoms with Crippen LogP contribution < -0.4 is 24.0 Å². The van der Waals surface area contributed by atoms with Gasteiger partial charge in [-0.1, -0.05) is 67.6 Å². The molecule has 0 fully saturated rings. The molecule has 2 rings (SSSR count). The van der Waals surface area contributed by atoms with Crippen LogP contribution in [0.25, 0.3) is 0 Å². The number of nitrogens with zero attached hydrogens (tertiary/aromatic N) is 1. The predicted octanol–water partition coefficient (Wildman–Crippen LogP) is 1.44. The SMILES string of the molecule is CCC(=O)C(CC(C)[N+](C)(C)C)(c1ccccc1)c1ccccc1.[I-]. The van der Waals surface area contributed by atoms with E-state index in [2.05, 4.69) is 52.3 Å². The summed E-state index contributed by atoms with van der Waals surface area (Å²) in [5, 5.41) is 0. The van der Waals surface area contributed by atoms with Crippen LogP contribution in [-0.4, -0.2) is 37.5 Å². The Morgan fingerprint density at radius 2 is 1.32 bits per heavy atom. The summed E-state index contributed by atoms with van der Waals surface area (Å²) in [7, 11) is 6.59. The summed E-state index contributed by atoms with van der Waals surface area (Å²) in [4.78, 5) is 13.3. The van der Waals surface area contributed by atoms with E-state index in [0.29, 0.717) is 18.2 Å². The van der Waals surface area contributed by atoms with Gasteiger partial charge in [-0.25, -0.2) is 0 Å². The summed E-state index contributed by atoms with van der Waals surface area (Å²) in [6, 6.07) is 20.9. The fraction of sp³-hybridized carbons (Fsp3) is 0.409. The van der Waals surface area contributed by atoms with Crippen LogP contribution in [0.4, 0.5) is 0 Å². The highest BCUT2D eigenvalue weighted by Crippen LogP contribution is 2.40. The zero-order chi connectivity index (χ0) is 17.8. The third kappa shape index (κ3) is 4.70. The lowest BCUT2D eigenvalue weighted by molar-refractivity contribution is -0.894. The highest BCUT2D eigenvalue weighted by atomic mass is 127. The van der Waals surface area contributed by atoms with Gasteiger partial charge >= 0.3 is 0 Å². The third-order valence-corrected chi connectivity index (χ3v) is 5.25. The largest absolute Gasteiger partial charge is 1.00 e. The molecule has 3 heteroatoms. The molecule has 0 saturated heterocycles. The van der Waals surface area contributed by atoms with E-state index < -0.39 is 5.41 Å². The summed E-state index contributed by atoms with van der Waals surface area (Å²) < 4.78 is 0.832. The highest BCUT2D eigenvalue weighted by molar-refractivity contribution is 5.93. The second kappa shape index (κ2) is 8.95. The van der Waals surface area contributed by atoms with Crippen molar-refractivity contribution in [3.05, 3.63) is 71.8 Å². The van der Waals surface area contributed by atoms with E-state index in [1.807, 2.05) is 43.3 Å². The monoisotopic (exact) mass is 451 g/mol. The molecule has 0 aliphatic rings. The van der Waals surface area contributed by atoms with Gasteiger partial charge in [-0.05, 0) is 18.1 Å². The molecule has 0 radical (unpaired) electrons. The molecule has 0 aliphatic carbocycles. The van der Waals surface area contributed by atoms with Crippen molar-refractivity contribution in [1.82, 2.24) is 0 Å². The number of ketones is 1. The topological polar surface area (TPSA) is 17.1 Å². The first-order valence-electron chi connectivity index (χ1n) is 8.78. The predicted molar refractivity (Wildman–Crippen MR) is 101 cm³/mol. The van der Waals surface area contributed by atoms with Gasteiger partial charge in [-0.3, -0.25) is 4.79 Å². The molecule has 0 N–H and O–H groups in total. The Balaban J connectivity index is 0.00000312. The Morgan fingerprint density at radius 3 is 1.64 bits per heavy atom. The molecule has 0 amide bonds. The lowest BCUT2D eigenvalue weighted by Crippen LogP contribution is -3.00. The summed E-state index contributed by atoms with van der Waals surface area (Å²) in [6.07, 6.45) is 1.34. The molecule has 25 heavy (non-hydrogen) atoms. The lowest BCUT2D eigenvalue weighted by Gasteiger charge is -2.40. The Labute approximate surface area is 169 Å². The number of Topliss-reactive ketones (excluding diaryl/α,β-unsaturated/α-hetero) is 1. The van der Waals surface area contributed by atoms with Gasteiger partial charge in [0.25, 0.3) is 0 Å². The summed E-state index contributed by atoms with van der Waals surface area (Å²) >= 11 is 0. The minimum Gasteiger partial charge on any atom is -1.00 e. The molecule has 2 nitrogen and oxygen atoms in total. The quantitative estimate of drug-likeness (QED) is 0.460. The van der Waals surface area contributed by atoms with E-state index in [1.165, 1.54) is 0 Å². The van der Waals surface area contributed by atoms with Crippen LogP contribution in [0.1, 0.15) is 37.8 Å². The van der Waals surface area contributed by atoms with E-state index in [4.69, 9.17) is 0 Å². The number of halogens is 1. The van der Waals surface area contributed by atoms with Gasteiger partial charge in [0, 0.05) is 12.8 Å².